The van der Waals surface area contributed by atoms with Gasteiger partial charge in [0, 0.05) is 40.2 Å². The molecule has 7 nitrogen and oxygen atoms in total. The molecule has 2 unspecified atom stereocenters. The monoisotopic (exact) mass is 509 g/mol. The van der Waals surface area contributed by atoms with Crippen molar-refractivity contribution in [1.29, 1.82) is 0 Å². The number of unbranched alkanes of at least 4 members (excludes halogenated alkanes) is 1. The predicted molar refractivity (Wildman–Crippen MR) is 126 cm³/mol. The second kappa shape index (κ2) is 14.9. The van der Waals surface area contributed by atoms with Crippen molar-refractivity contribution in [2.45, 2.75) is 58.8 Å². The molecule has 8 heteroatoms. The topological polar surface area (TPSA) is 91.0 Å². The van der Waals surface area contributed by atoms with Gasteiger partial charge >= 0.3 is 0 Å². The van der Waals surface area contributed by atoms with Crippen molar-refractivity contribution in [2.75, 3.05) is 40.3 Å². The molecule has 0 radical (unpaired) electrons. The Bertz CT molecular complexity index is 499. The van der Waals surface area contributed by atoms with Gasteiger partial charge in [-0.2, -0.15) is 0 Å². The number of hydrogen-bond donors (Lipinski definition) is 2. The Labute approximate surface area is 187 Å². The summed E-state index contributed by atoms with van der Waals surface area (Å²) in [5, 5.41) is 3.51. The molecule has 1 saturated heterocycles. The lowest BCUT2D eigenvalue weighted by atomic mass is 9.94. The van der Waals surface area contributed by atoms with Gasteiger partial charge < -0.3 is 20.9 Å². The summed E-state index contributed by atoms with van der Waals surface area (Å²) in [5.74, 6) is 1.38. The lowest BCUT2D eigenvalue weighted by Crippen LogP contribution is -2.48. The Balaban J connectivity index is 0.00000729. The highest BCUT2D eigenvalue weighted by Gasteiger charge is 2.24. The number of primary amides is 1. The fourth-order valence-corrected chi connectivity index (χ4v) is 3.44. The van der Waals surface area contributed by atoms with Crippen LogP contribution in [0.5, 0.6) is 0 Å². The van der Waals surface area contributed by atoms with Crippen molar-refractivity contribution < 1.29 is 9.59 Å². The van der Waals surface area contributed by atoms with E-state index in [0.717, 1.165) is 44.9 Å². The van der Waals surface area contributed by atoms with Crippen molar-refractivity contribution in [3.05, 3.63) is 0 Å². The number of nitrogens with one attached hydrogen (secondary N) is 1. The highest BCUT2D eigenvalue weighted by molar-refractivity contribution is 14.0. The van der Waals surface area contributed by atoms with E-state index in [0.29, 0.717) is 12.3 Å². The third-order valence-corrected chi connectivity index (χ3v) is 5.26. The molecule has 0 spiro atoms. The van der Waals surface area contributed by atoms with Crippen LogP contribution in [-0.2, 0) is 9.59 Å². The average Bonchev–Trinajstić information content (AvgIpc) is 2.63. The molecule has 0 aliphatic carbocycles. The number of guanidine groups is 1. The van der Waals surface area contributed by atoms with Crippen LogP contribution in [0.2, 0.25) is 0 Å². The molecule has 28 heavy (non-hydrogen) atoms. The van der Waals surface area contributed by atoms with Gasteiger partial charge in [0.2, 0.25) is 11.8 Å². The zero-order valence-corrected chi connectivity index (χ0v) is 20.4. The maximum absolute atomic E-state index is 12.0. The molecule has 1 heterocycles. The van der Waals surface area contributed by atoms with E-state index in [1.54, 1.807) is 19.0 Å². The van der Waals surface area contributed by atoms with Crippen molar-refractivity contribution in [3.63, 3.8) is 0 Å². The first-order valence-corrected chi connectivity index (χ1v) is 10.4. The Hall–Kier alpha value is -1.06. The van der Waals surface area contributed by atoms with Crippen molar-refractivity contribution in [1.82, 2.24) is 15.1 Å². The normalized spacial score (nSPS) is 18.2. The Morgan fingerprint density at radius 2 is 2.04 bits per heavy atom. The summed E-state index contributed by atoms with van der Waals surface area (Å²) < 4.78 is 0. The molecule has 1 rings (SSSR count). The number of piperidine rings is 1. The van der Waals surface area contributed by atoms with Gasteiger partial charge in [0.05, 0.1) is 0 Å². The third kappa shape index (κ3) is 10.5. The SMILES string of the molecule is CCCCC(CC)CNC(=NCC(=O)N(C)C)N1CCCC(CC(N)=O)C1.I. The van der Waals surface area contributed by atoms with Crippen LogP contribution in [0.4, 0.5) is 0 Å². The lowest BCUT2D eigenvalue weighted by molar-refractivity contribution is -0.127. The van der Waals surface area contributed by atoms with Gasteiger partial charge in [-0.1, -0.05) is 33.1 Å². The Morgan fingerprint density at radius 1 is 1.32 bits per heavy atom. The number of carbonyl (C=O) groups excluding carboxylic acids is 2. The van der Waals surface area contributed by atoms with Crippen LogP contribution in [0.1, 0.15) is 58.8 Å². The molecule has 0 aromatic rings. The molecule has 2 amide bonds. The molecule has 1 aliphatic rings. The highest BCUT2D eigenvalue weighted by atomic mass is 127. The first-order chi connectivity index (χ1) is 12.9. The molecule has 164 valence electrons. The number of carbonyl (C=O) groups is 2. The fraction of sp³-hybridized carbons (Fsp3) is 0.850. The summed E-state index contributed by atoms with van der Waals surface area (Å²) in [5.41, 5.74) is 5.39. The van der Waals surface area contributed by atoms with Gasteiger partial charge in [-0.05, 0) is 31.1 Å². The van der Waals surface area contributed by atoms with Crippen LogP contribution < -0.4 is 11.1 Å². The van der Waals surface area contributed by atoms with Crippen molar-refractivity contribution in [2.24, 2.45) is 22.6 Å². The van der Waals surface area contributed by atoms with Crippen LogP contribution in [0, 0.1) is 11.8 Å². The van der Waals surface area contributed by atoms with Crippen LogP contribution >= 0.6 is 24.0 Å². The minimum atomic E-state index is -0.248. The molecule has 0 saturated carbocycles. The molecule has 3 N–H and O–H groups in total. The van der Waals surface area contributed by atoms with Crippen LogP contribution in [0.15, 0.2) is 4.99 Å². The Morgan fingerprint density at radius 3 is 2.61 bits per heavy atom. The summed E-state index contributed by atoms with van der Waals surface area (Å²) in [7, 11) is 3.49. The van der Waals surface area contributed by atoms with E-state index in [9.17, 15) is 9.59 Å². The van der Waals surface area contributed by atoms with Gasteiger partial charge in [0.25, 0.3) is 0 Å². The minimum absolute atomic E-state index is 0. The van der Waals surface area contributed by atoms with Crippen LogP contribution in [0.25, 0.3) is 0 Å². The fourth-order valence-electron chi connectivity index (χ4n) is 3.44. The smallest absolute Gasteiger partial charge is 0.243 e. The molecule has 0 aromatic heterocycles. The number of halogens is 1. The van der Waals surface area contributed by atoms with E-state index >= 15 is 0 Å². The average molecular weight is 509 g/mol. The predicted octanol–water partition coefficient (Wildman–Crippen LogP) is 2.44. The molecule has 1 fully saturated rings. The molecule has 0 bridgehead atoms. The number of aliphatic imine (C=N–C) groups is 1. The number of nitrogens with zero attached hydrogens (tertiary/aromatic N) is 3. The van der Waals surface area contributed by atoms with Gasteiger partial charge in [-0.15, -0.1) is 24.0 Å². The van der Waals surface area contributed by atoms with E-state index in [1.807, 2.05) is 0 Å². The van der Waals surface area contributed by atoms with Crippen molar-refractivity contribution >= 4 is 41.8 Å². The molecule has 1 aliphatic heterocycles. The third-order valence-electron chi connectivity index (χ3n) is 5.26. The van der Waals surface area contributed by atoms with E-state index in [1.165, 1.54) is 19.3 Å². The number of likely N-dealkylation sites (N-methyl/N-ethyl adjacent to an activating group) is 1. The highest BCUT2D eigenvalue weighted by Crippen LogP contribution is 2.20. The minimum Gasteiger partial charge on any atom is -0.370 e. The number of nitrogens with two attached hydrogens (primary N) is 1. The number of hydrogen-bond acceptors (Lipinski definition) is 3. The van der Waals surface area contributed by atoms with Gasteiger partial charge in [0.1, 0.15) is 6.54 Å². The van der Waals surface area contributed by atoms with E-state index in [4.69, 9.17) is 5.73 Å². The van der Waals surface area contributed by atoms with Gasteiger partial charge in [-0.3, -0.25) is 9.59 Å². The van der Waals surface area contributed by atoms with Crippen molar-refractivity contribution in [3.8, 4) is 0 Å². The van der Waals surface area contributed by atoms with E-state index in [-0.39, 0.29) is 48.3 Å². The molecule has 2 atom stereocenters. The summed E-state index contributed by atoms with van der Waals surface area (Å²) in [6, 6.07) is 0. The summed E-state index contributed by atoms with van der Waals surface area (Å²) in [6.45, 7) is 7.09. The zero-order chi connectivity index (χ0) is 20.2. The van der Waals surface area contributed by atoms with E-state index < -0.39 is 0 Å². The first-order valence-electron chi connectivity index (χ1n) is 10.4. The summed E-state index contributed by atoms with van der Waals surface area (Å²) in [6.07, 6.45) is 7.19. The quantitative estimate of drug-likeness (QED) is 0.269. The largest absolute Gasteiger partial charge is 0.370 e. The van der Waals surface area contributed by atoms with Gasteiger partial charge in [0.15, 0.2) is 5.96 Å². The second-order valence-electron chi connectivity index (χ2n) is 7.85. The van der Waals surface area contributed by atoms with Crippen LogP contribution in [-0.4, -0.2) is 67.8 Å². The van der Waals surface area contributed by atoms with E-state index in [2.05, 4.69) is 29.1 Å². The van der Waals surface area contributed by atoms with Crippen LogP contribution in [0.3, 0.4) is 0 Å². The Kier molecular flexibility index (Phi) is 14.3. The standard InChI is InChI=1S/C20H39N5O2.HI/c1-5-7-9-16(6-2)13-22-20(23-14-19(27)24(3)4)25-11-8-10-17(15-25)12-18(21)26;/h16-17H,5-15H2,1-4H3,(H2,21,26)(H,22,23);1H. The number of likely N-dealkylation sites (tertiary alicyclic amines) is 1. The maximum Gasteiger partial charge on any atom is 0.243 e. The zero-order valence-electron chi connectivity index (χ0n) is 18.1. The number of rotatable bonds is 10. The second-order valence-corrected chi connectivity index (χ2v) is 7.85. The molecule has 0 aromatic carbocycles. The maximum atomic E-state index is 12.0. The summed E-state index contributed by atoms with van der Waals surface area (Å²) in [4.78, 5) is 31.6. The summed E-state index contributed by atoms with van der Waals surface area (Å²) >= 11 is 0. The first kappa shape index (κ1) is 26.9. The molecular formula is C20H40IN5O2. The lowest BCUT2D eigenvalue weighted by Gasteiger charge is -2.35. The number of amides is 2. The van der Waals surface area contributed by atoms with Gasteiger partial charge in [-0.25, -0.2) is 4.99 Å². The molecular weight excluding hydrogens is 469 g/mol.